The highest BCUT2D eigenvalue weighted by molar-refractivity contribution is 6.30. The van der Waals surface area contributed by atoms with E-state index < -0.39 is 17.4 Å². The normalized spacial score (nSPS) is 21.2. The Hall–Kier alpha value is -2.90. The molecule has 0 bridgehead atoms. The lowest BCUT2D eigenvalue weighted by molar-refractivity contribution is -0.143. The summed E-state index contributed by atoms with van der Waals surface area (Å²) in [5.41, 5.74) is -0.00510. The van der Waals surface area contributed by atoms with Crippen molar-refractivity contribution in [2.24, 2.45) is 0 Å². The van der Waals surface area contributed by atoms with Gasteiger partial charge in [0, 0.05) is 36.8 Å². The largest absolute Gasteiger partial charge is 0.480 e. The number of carboxylic acids is 1. The van der Waals surface area contributed by atoms with Gasteiger partial charge in [0.05, 0.1) is 13.0 Å². The van der Waals surface area contributed by atoms with E-state index in [-0.39, 0.29) is 18.9 Å². The quantitative estimate of drug-likeness (QED) is 0.580. The first-order valence-corrected chi connectivity index (χ1v) is 10.1. The molecule has 2 heterocycles. The Morgan fingerprint density at radius 3 is 2.43 bits per heavy atom. The summed E-state index contributed by atoms with van der Waals surface area (Å²) in [5.74, 6) is -1.16. The van der Waals surface area contributed by atoms with Gasteiger partial charge in [-0.25, -0.2) is 0 Å². The monoisotopic (exact) mass is 428 g/mol. The second-order valence-electron chi connectivity index (χ2n) is 7.53. The van der Waals surface area contributed by atoms with Crippen molar-refractivity contribution < 1.29 is 24.2 Å². The second-order valence-corrected chi connectivity index (χ2v) is 7.97. The molecule has 0 aromatic heterocycles. The number of amides is 1. The molecular formula is C22H21ClN2O5. The SMILES string of the molecule is O=C(O)CN1CCN(C(=O)CC2(c3ccccc3)C(=O)Oc3ccc(Cl)cc32)CC1. The molecule has 1 N–H and O–H groups in total. The first-order chi connectivity index (χ1) is 14.4. The van der Waals surface area contributed by atoms with Crippen LogP contribution in [0, 0.1) is 0 Å². The van der Waals surface area contributed by atoms with Crippen LogP contribution in [0.5, 0.6) is 5.75 Å². The Balaban J connectivity index is 1.64. The van der Waals surface area contributed by atoms with Crippen LogP contribution in [0.4, 0.5) is 0 Å². The van der Waals surface area contributed by atoms with Crippen molar-refractivity contribution in [1.29, 1.82) is 0 Å². The van der Waals surface area contributed by atoms with Crippen LogP contribution < -0.4 is 4.74 Å². The van der Waals surface area contributed by atoms with Crippen molar-refractivity contribution in [1.82, 2.24) is 9.80 Å². The molecule has 1 amide bonds. The number of rotatable bonds is 5. The number of carboxylic acid groups (broad SMARTS) is 1. The minimum Gasteiger partial charge on any atom is -0.480 e. The number of carbonyl (C=O) groups is 3. The number of aliphatic carboxylic acids is 1. The van der Waals surface area contributed by atoms with Crippen molar-refractivity contribution in [2.45, 2.75) is 11.8 Å². The van der Waals surface area contributed by atoms with Gasteiger partial charge in [0.25, 0.3) is 0 Å². The van der Waals surface area contributed by atoms with Crippen LogP contribution in [0.2, 0.25) is 5.02 Å². The molecular weight excluding hydrogens is 408 g/mol. The lowest BCUT2D eigenvalue weighted by atomic mass is 9.72. The smallest absolute Gasteiger partial charge is 0.327 e. The standard InChI is InChI=1S/C22H21ClN2O5/c23-16-6-7-18-17(12-16)22(21(29)30-18,15-4-2-1-3-5-15)13-19(26)25-10-8-24(9-11-25)14-20(27)28/h1-7,12H,8-11,13-14H2,(H,27,28). The van der Waals surface area contributed by atoms with Crippen molar-refractivity contribution in [3.05, 3.63) is 64.7 Å². The second kappa shape index (κ2) is 8.08. The summed E-state index contributed by atoms with van der Waals surface area (Å²) >= 11 is 6.21. The molecule has 0 saturated carbocycles. The van der Waals surface area contributed by atoms with Gasteiger partial charge in [-0.2, -0.15) is 0 Å². The number of hydrogen-bond acceptors (Lipinski definition) is 5. The predicted molar refractivity (Wildman–Crippen MR) is 110 cm³/mol. The number of esters is 1. The zero-order valence-corrected chi connectivity index (χ0v) is 17.0. The maximum absolute atomic E-state index is 13.3. The Morgan fingerprint density at radius 1 is 1.07 bits per heavy atom. The van der Waals surface area contributed by atoms with Gasteiger partial charge in [-0.15, -0.1) is 0 Å². The fourth-order valence-corrected chi connectivity index (χ4v) is 4.34. The fourth-order valence-electron chi connectivity index (χ4n) is 4.17. The molecule has 2 aromatic carbocycles. The number of ether oxygens (including phenoxy) is 1. The van der Waals surface area contributed by atoms with Crippen molar-refractivity contribution >= 4 is 29.4 Å². The van der Waals surface area contributed by atoms with E-state index in [1.54, 1.807) is 28.0 Å². The first kappa shape index (κ1) is 20.4. The van der Waals surface area contributed by atoms with Gasteiger partial charge in [-0.05, 0) is 23.8 Å². The molecule has 2 aromatic rings. The maximum Gasteiger partial charge on any atom is 0.327 e. The van der Waals surface area contributed by atoms with Gasteiger partial charge in [0.15, 0.2) is 0 Å². The molecule has 1 unspecified atom stereocenters. The number of carbonyl (C=O) groups excluding carboxylic acids is 2. The molecule has 1 atom stereocenters. The van der Waals surface area contributed by atoms with Crippen LogP contribution in [0.15, 0.2) is 48.5 Å². The van der Waals surface area contributed by atoms with Crippen LogP contribution in [0.3, 0.4) is 0 Å². The lowest BCUT2D eigenvalue weighted by Gasteiger charge is -2.36. The Bertz CT molecular complexity index is 988. The summed E-state index contributed by atoms with van der Waals surface area (Å²) in [5, 5.41) is 9.41. The lowest BCUT2D eigenvalue weighted by Crippen LogP contribution is -2.51. The van der Waals surface area contributed by atoms with Crippen LogP contribution in [0.25, 0.3) is 0 Å². The van der Waals surface area contributed by atoms with Crippen LogP contribution in [0.1, 0.15) is 17.5 Å². The van der Waals surface area contributed by atoms with E-state index in [0.29, 0.717) is 48.1 Å². The van der Waals surface area contributed by atoms with Crippen LogP contribution in [-0.4, -0.2) is 65.5 Å². The molecule has 1 saturated heterocycles. The molecule has 0 radical (unpaired) electrons. The molecule has 8 heteroatoms. The summed E-state index contributed by atoms with van der Waals surface area (Å²) in [4.78, 5) is 40.8. The highest BCUT2D eigenvalue weighted by atomic mass is 35.5. The average molecular weight is 429 g/mol. The minimum atomic E-state index is -1.27. The predicted octanol–water partition coefficient (Wildman–Crippen LogP) is 2.16. The molecule has 1 fully saturated rings. The Kier molecular flexibility index (Phi) is 5.49. The van der Waals surface area contributed by atoms with E-state index in [9.17, 15) is 14.4 Å². The molecule has 0 spiro atoms. The van der Waals surface area contributed by atoms with E-state index in [0.717, 1.165) is 0 Å². The van der Waals surface area contributed by atoms with Gasteiger partial charge in [-0.1, -0.05) is 41.9 Å². The number of benzene rings is 2. The summed E-state index contributed by atoms with van der Waals surface area (Å²) in [6, 6.07) is 14.1. The Morgan fingerprint density at radius 2 is 1.77 bits per heavy atom. The third-order valence-electron chi connectivity index (χ3n) is 5.72. The molecule has 0 aliphatic carbocycles. The number of piperazine rings is 1. The highest BCUT2D eigenvalue weighted by Crippen LogP contribution is 2.48. The number of hydrogen-bond donors (Lipinski definition) is 1. The van der Waals surface area contributed by atoms with E-state index in [4.69, 9.17) is 21.4 Å². The number of halogens is 1. The summed E-state index contributed by atoms with van der Waals surface area (Å²) in [6.07, 6.45) is -0.0812. The highest BCUT2D eigenvalue weighted by Gasteiger charge is 2.52. The van der Waals surface area contributed by atoms with E-state index in [1.807, 2.05) is 30.3 Å². The van der Waals surface area contributed by atoms with Crippen LogP contribution in [-0.2, 0) is 19.8 Å². The van der Waals surface area contributed by atoms with Gasteiger partial charge >= 0.3 is 11.9 Å². The zero-order valence-electron chi connectivity index (χ0n) is 16.2. The van der Waals surface area contributed by atoms with Crippen LogP contribution >= 0.6 is 11.6 Å². The number of nitrogens with zero attached hydrogens (tertiary/aromatic N) is 2. The van der Waals surface area contributed by atoms with E-state index in [1.165, 1.54) is 0 Å². The molecule has 7 nitrogen and oxygen atoms in total. The van der Waals surface area contributed by atoms with Gasteiger partial charge in [0.2, 0.25) is 5.91 Å². The molecule has 156 valence electrons. The molecule has 2 aliphatic heterocycles. The summed E-state index contributed by atoms with van der Waals surface area (Å²) in [7, 11) is 0. The summed E-state index contributed by atoms with van der Waals surface area (Å²) in [6.45, 7) is 1.73. The van der Waals surface area contributed by atoms with Gasteiger partial charge in [0.1, 0.15) is 11.2 Å². The maximum atomic E-state index is 13.3. The zero-order chi connectivity index (χ0) is 21.3. The molecule has 30 heavy (non-hydrogen) atoms. The van der Waals surface area contributed by atoms with Gasteiger partial charge in [-0.3, -0.25) is 19.3 Å². The van der Waals surface area contributed by atoms with Crippen molar-refractivity contribution in [3.63, 3.8) is 0 Å². The van der Waals surface area contributed by atoms with Gasteiger partial charge < -0.3 is 14.7 Å². The third-order valence-corrected chi connectivity index (χ3v) is 5.95. The topological polar surface area (TPSA) is 87.2 Å². The average Bonchev–Trinajstić information content (AvgIpc) is 3.00. The first-order valence-electron chi connectivity index (χ1n) is 9.70. The van der Waals surface area contributed by atoms with E-state index in [2.05, 4.69) is 0 Å². The minimum absolute atomic E-state index is 0.0474. The van der Waals surface area contributed by atoms with Crippen molar-refractivity contribution in [3.8, 4) is 5.75 Å². The molecule has 2 aliphatic rings. The fraction of sp³-hybridized carbons (Fsp3) is 0.318. The summed E-state index contributed by atoms with van der Waals surface area (Å²) < 4.78 is 5.54. The van der Waals surface area contributed by atoms with E-state index >= 15 is 0 Å². The van der Waals surface area contributed by atoms with Crippen molar-refractivity contribution in [2.75, 3.05) is 32.7 Å². The molecule has 4 rings (SSSR count). The number of fused-ring (bicyclic) bond motifs is 1. The Labute approximate surface area is 178 Å². The third kappa shape index (κ3) is 3.66.